The number of nitrogens with two attached hydrogens (primary N) is 1. The van der Waals surface area contributed by atoms with E-state index >= 15 is 0 Å². The van der Waals surface area contributed by atoms with Gasteiger partial charge in [-0.1, -0.05) is 0 Å². The van der Waals surface area contributed by atoms with Crippen molar-refractivity contribution in [2.45, 2.75) is 6.42 Å². The van der Waals surface area contributed by atoms with Crippen LogP contribution in [0.1, 0.15) is 6.42 Å². The van der Waals surface area contributed by atoms with Crippen LogP contribution in [0.15, 0.2) is 0 Å². The molecule has 0 atom stereocenters. The van der Waals surface area contributed by atoms with E-state index in [9.17, 15) is 13.2 Å². The van der Waals surface area contributed by atoms with Crippen LogP contribution in [0.4, 0.5) is 0 Å². The molecule has 72 valence electrons. The SMILES string of the molecule is CS(=O)(=O)CCNC(=O)CCN. The highest BCUT2D eigenvalue weighted by Crippen LogP contribution is 1.80. The molecule has 0 aromatic heterocycles. The number of hydrogen-bond acceptors (Lipinski definition) is 4. The van der Waals surface area contributed by atoms with Crippen LogP contribution in [-0.4, -0.2) is 39.4 Å². The smallest absolute Gasteiger partial charge is 0.221 e. The van der Waals surface area contributed by atoms with E-state index in [-0.39, 0.29) is 31.2 Å². The average molecular weight is 194 g/mol. The molecule has 0 fully saturated rings. The van der Waals surface area contributed by atoms with Gasteiger partial charge in [0.1, 0.15) is 9.84 Å². The van der Waals surface area contributed by atoms with Crippen LogP contribution in [0, 0.1) is 0 Å². The van der Waals surface area contributed by atoms with Crippen molar-refractivity contribution in [2.75, 3.05) is 25.1 Å². The number of amides is 1. The summed E-state index contributed by atoms with van der Waals surface area (Å²) >= 11 is 0. The zero-order valence-electron chi connectivity index (χ0n) is 7.04. The Morgan fingerprint density at radius 3 is 2.50 bits per heavy atom. The van der Waals surface area contributed by atoms with Gasteiger partial charge < -0.3 is 11.1 Å². The highest BCUT2D eigenvalue weighted by Gasteiger charge is 2.03. The fourth-order valence-corrected chi connectivity index (χ4v) is 1.07. The molecule has 0 bridgehead atoms. The number of rotatable bonds is 5. The third kappa shape index (κ3) is 7.49. The van der Waals surface area contributed by atoms with Gasteiger partial charge in [-0.05, 0) is 0 Å². The van der Waals surface area contributed by atoms with Gasteiger partial charge in [-0.3, -0.25) is 4.79 Å². The summed E-state index contributed by atoms with van der Waals surface area (Å²) in [5.41, 5.74) is 5.11. The molecule has 0 saturated heterocycles. The summed E-state index contributed by atoms with van der Waals surface area (Å²) in [6, 6.07) is 0. The standard InChI is InChI=1S/C6H14N2O3S/c1-12(10,11)5-4-8-6(9)2-3-7/h2-5,7H2,1H3,(H,8,9). The Balaban J connectivity index is 3.51. The maximum atomic E-state index is 10.7. The Bertz CT molecular complexity index is 235. The number of carbonyl (C=O) groups is 1. The van der Waals surface area contributed by atoms with E-state index in [0.29, 0.717) is 0 Å². The second-order valence-corrected chi connectivity index (χ2v) is 4.78. The van der Waals surface area contributed by atoms with Gasteiger partial charge in [0.05, 0.1) is 5.75 Å². The van der Waals surface area contributed by atoms with Gasteiger partial charge in [-0.15, -0.1) is 0 Å². The molecule has 0 aromatic rings. The lowest BCUT2D eigenvalue weighted by atomic mass is 10.4. The van der Waals surface area contributed by atoms with E-state index in [1.807, 2.05) is 0 Å². The van der Waals surface area contributed by atoms with Crippen molar-refractivity contribution in [3.63, 3.8) is 0 Å². The quantitative estimate of drug-likeness (QED) is 0.557. The molecule has 3 N–H and O–H groups in total. The number of nitrogens with one attached hydrogen (secondary N) is 1. The van der Waals surface area contributed by atoms with E-state index in [4.69, 9.17) is 5.73 Å². The van der Waals surface area contributed by atoms with Crippen molar-refractivity contribution < 1.29 is 13.2 Å². The Hall–Kier alpha value is -0.620. The first-order valence-corrected chi connectivity index (χ1v) is 5.66. The van der Waals surface area contributed by atoms with Crippen molar-refractivity contribution >= 4 is 15.7 Å². The van der Waals surface area contributed by atoms with Crippen LogP contribution in [0.3, 0.4) is 0 Å². The van der Waals surface area contributed by atoms with Crippen molar-refractivity contribution in [3.8, 4) is 0 Å². The molecule has 0 aromatic carbocycles. The molecule has 0 heterocycles. The molecule has 0 rings (SSSR count). The summed E-state index contributed by atoms with van der Waals surface area (Å²) in [7, 11) is -2.98. The highest BCUT2D eigenvalue weighted by atomic mass is 32.2. The van der Waals surface area contributed by atoms with Crippen molar-refractivity contribution in [2.24, 2.45) is 5.73 Å². The molecule has 0 aliphatic carbocycles. The molecule has 12 heavy (non-hydrogen) atoms. The molecular formula is C6H14N2O3S. The Kier molecular flexibility index (Phi) is 4.84. The first-order chi connectivity index (χ1) is 5.45. The summed E-state index contributed by atoms with van der Waals surface area (Å²) in [6.45, 7) is 0.447. The maximum Gasteiger partial charge on any atom is 0.221 e. The third-order valence-corrected chi connectivity index (χ3v) is 2.11. The summed E-state index contributed by atoms with van der Waals surface area (Å²) in [5, 5.41) is 2.44. The molecule has 0 saturated carbocycles. The van der Waals surface area contributed by atoms with E-state index in [0.717, 1.165) is 6.26 Å². The fraction of sp³-hybridized carbons (Fsp3) is 0.833. The number of hydrogen-bond donors (Lipinski definition) is 2. The van der Waals surface area contributed by atoms with Crippen LogP contribution in [0.2, 0.25) is 0 Å². The fourth-order valence-electron chi connectivity index (χ4n) is 0.595. The van der Waals surface area contributed by atoms with E-state index in [2.05, 4.69) is 5.32 Å². The predicted octanol–water partition coefficient (Wildman–Crippen LogP) is -1.50. The van der Waals surface area contributed by atoms with Gasteiger partial charge >= 0.3 is 0 Å². The van der Waals surface area contributed by atoms with Crippen LogP contribution in [-0.2, 0) is 14.6 Å². The van der Waals surface area contributed by atoms with Crippen molar-refractivity contribution in [1.82, 2.24) is 5.32 Å². The highest BCUT2D eigenvalue weighted by molar-refractivity contribution is 7.90. The maximum absolute atomic E-state index is 10.7. The van der Waals surface area contributed by atoms with Gasteiger partial charge in [0.2, 0.25) is 5.91 Å². The first kappa shape index (κ1) is 11.4. The van der Waals surface area contributed by atoms with Gasteiger partial charge in [0.15, 0.2) is 0 Å². The minimum absolute atomic E-state index is 0.0245. The van der Waals surface area contributed by atoms with Crippen LogP contribution in [0.5, 0.6) is 0 Å². The molecule has 0 spiro atoms. The molecule has 0 aliphatic heterocycles. The summed E-state index contributed by atoms with van der Waals surface area (Å²) in [6.07, 6.45) is 1.37. The second kappa shape index (κ2) is 5.10. The van der Waals surface area contributed by atoms with E-state index in [1.165, 1.54) is 0 Å². The van der Waals surface area contributed by atoms with E-state index < -0.39 is 9.84 Å². The molecule has 0 radical (unpaired) electrons. The lowest BCUT2D eigenvalue weighted by Gasteiger charge is -2.01. The van der Waals surface area contributed by atoms with Gasteiger partial charge in [0.25, 0.3) is 0 Å². The molecule has 6 heteroatoms. The lowest BCUT2D eigenvalue weighted by molar-refractivity contribution is -0.120. The average Bonchev–Trinajstić information content (AvgIpc) is 1.84. The van der Waals surface area contributed by atoms with Crippen LogP contribution in [0.25, 0.3) is 0 Å². The van der Waals surface area contributed by atoms with Crippen LogP contribution < -0.4 is 11.1 Å². The van der Waals surface area contributed by atoms with Gasteiger partial charge in [-0.2, -0.15) is 0 Å². The first-order valence-electron chi connectivity index (χ1n) is 3.60. The molecule has 5 nitrogen and oxygen atoms in total. The zero-order chi connectivity index (χ0) is 9.61. The molecule has 0 unspecified atom stereocenters. The van der Waals surface area contributed by atoms with Crippen molar-refractivity contribution in [1.29, 1.82) is 0 Å². The Labute approximate surface area is 72.2 Å². The Morgan fingerprint density at radius 2 is 2.08 bits per heavy atom. The zero-order valence-corrected chi connectivity index (χ0v) is 7.86. The summed E-state index contributed by atoms with van der Waals surface area (Å²) < 4.78 is 21.2. The summed E-state index contributed by atoms with van der Waals surface area (Å²) in [4.78, 5) is 10.7. The third-order valence-electron chi connectivity index (χ3n) is 1.17. The van der Waals surface area contributed by atoms with Crippen molar-refractivity contribution in [3.05, 3.63) is 0 Å². The van der Waals surface area contributed by atoms with Gasteiger partial charge in [0, 0.05) is 25.8 Å². The van der Waals surface area contributed by atoms with Crippen LogP contribution >= 0.6 is 0 Å². The minimum atomic E-state index is -2.98. The number of sulfone groups is 1. The normalized spacial score (nSPS) is 11.2. The Morgan fingerprint density at radius 1 is 1.50 bits per heavy atom. The molecular weight excluding hydrogens is 180 g/mol. The summed E-state index contributed by atoms with van der Waals surface area (Å²) in [5.74, 6) is -0.232. The monoisotopic (exact) mass is 194 g/mol. The minimum Gasteiger partial charge on any atom is -0.355 e. The number of carbonyl (C=O) groups excluding carboxylic acids is 1. The second-order valence-electron chi connectivity index (χ2n) is 2.52. The topological polar surface area (TPSA) is 89.3 Å². The van der Waals surface area contributed by atoms with E-state index in [1.54, 1.807) is 0 Å². The molecule has 0 aliphatic rings. The lowest BCUT2D eigenvalue weighted by Crippen LogP contribution is -2.30. The molecule has 1 amide bonds. The predicted molar refractivity (Wildman–Crippen MR) is 46.4 cm³/mol. The van der Waals surface area contributed by atoms with Gasteiger partial charge in [-0.25, -0.2) is 8.42 Å². The largest absolute Gasteiger partial charge is 0.355 e.